The number of halogens is 1. The van der Waals surface area contributed by atoms with Gasteiger partial charge in [-0.2, -0.15) is 0 Å². The largest absolute Gasteiger partial charge is 0.478 e. The molecule has 0 saturated heterocycles. The Morgan fingerprint density at radius 3 is 2.53 bits per heavy atom. The Morgan fingerprint density at radius 2 is 2.00 bits per heavy atom. The quantitative estimate of drug-likeness (QED) is 0.738. The van der Waals surface area contributed by atoms with Crippen LogP contribution in [-0.4, -0.2) is 10.8 Å². The van der Waals surface area contributed by atoms with Crippen molar-refractivity contribution in [2.75, 3.05) is 0 Å². The molecular weight excluding hydrogens is 212 g/mol. The van der Waals surface area contributed by atoms with Gasteiger partial charge in [0.15, 0.2) is 5.60 Å². The van der Waals surface area contributed by atoms with Gasteiger partial charge in [-0.15, -0.1) is 0 Å². The standard InChI is InChI=1S/C12H15ClO2/c1-4-9-7-5-6-8-10(9)15-12(2,3)11(13)14/h5-8H,4H2,1-3H3. The van der Waals surface area contributed by atoms with Crippen molar-refractivity contribution in [2.24, 2.45) is 0 Å². The van der Waals surface area contributed by atoms with E-state index in [0.29, 0.717) is 0 Å². The van der Waals surface area contributed by atoms with Crippen LogP contribution in [0, 0.1) is 0 Å². The summed E-state index contributed by atoms with van der Waals surface area (Å²) < 4.78 is 5.60. The monoisotopic (exact) mass is 226 g/mol. The predicted octanol–water partition coefficient (Wildman–Crippen LogP) is 3.17. The molecule has 0 fully saturated rings. The summed E-state index contributed by atoms with van der Waals surface area (Å²) >= 11 is 5.45. The Hall–Kier alpha value is -1.02. The Bertz CT molecular complexity index is 358. The van der Waals surface area contributed by atoms with Gasteiger partial charge in [0.2, 0.25) is 0 Å². The minimum Gasteiger partial charge on any atom is -0.478 e. The third-order valence-corrected chi connectivity index (χ3v) is 2.65. The maximum absolute atomic E-state index is 11.1. The van der Waals surface area contributed by atoms with Crippen LogP contribution in [0.1, 0.15) is 26.3 Å². The van der Waals surface area contributed by atoms with Crippen LogP contribution in [0.3, 0.4) is 0 Å². The summed E-state index contributed by atoms with van der Waals surface area (Å²) in [7, 11) is 0. The molecule has 0 spiro atoms. The van der Waals surface area contributed by atoms with E-state index in [1.807, 2.05) is 31.2 Å². The van der Waals surface area contributed by atoms with Gasteiger partial charge < -0.3 is 4.74 Å². The molecule has 0 N–H and O–H groups in total. The van der Waals surface area contributed by atoms with Crippen molar-refractivity contribution in [2.45, 2.75) is 32.8 Å². The summed E-state index contributed by atoms with van der Waals surface area (Å²) in [5.74, 6) is 0.721. The van der Waals surface area contributed by atoms with Crippen LogP contribution in [0.5, 0.6) is 5.75 Å². The average Bonchev–Trinajstić information content (AvgIpc) is 2.18. The van der Waals surface area contributed by atoms with Gasteiger partial charge in [-0.3, -0.25) is 4.79 Å². The second kappa shape index (κ2) is 4.67. The van der Waals surface area contributed by atoms with Gasteiger partial charge in [-0.25, -0.2) is 0 Å². The fraction of sp³-hybridized carbons (Fsp3) is 0.417. The fourth-order valence-corrected chi connectivity index (χ4v) is 1.25. The first-order valence-electron chi connectivity index (χ1n) is 4.94. The van der Waals surface area contributed by atoms with Crippen molar-refractivity contribution < 1.29 is 9.53 Å². The van der Waals surface area contributed by atoms with E-state index in [0.717, 1.165) is 17.7 Å². The second-order valence-electron chi connectivity index (χ2n) is 3.85. The van der Waals surface area contributed by atoms with Crippen LogP contribution in [-0.2, 0) is 11.2 Å². The zero-order chi connectivity index (χ0) is 11.5. The third-order valence-electron chi connectivity index (χ3n) is 2.19. The number of benzene rings is 1. The van der Waals surface area contributed by atoms with Crippen molar-refractivity contribution >= 4 is 16.8 Å². The lowest BCUT2D eigenvalue weighted by Gasteiger charge is -2.23. The number of ether oxygens (including phenoxy) is 1. The van der Waals surface area contributed by atoms with Crippen molar-refractivity contribution in [3.05, 3.63) is 29.8 Å². The van der Waals surface area contributed by atoms with E-state index in [1.165, 1.54) is 0 Å². The van der Waals surface area contributed by atoms with Crippen LogP contribution in [0.4, 0.5) is 0 Å². The number of carbonyl (C=O) groups is 1. The van der Waals surface area contributed by atoms with E-state index < -0.39 is 10.8 Å². The van der Waals surface area contributed by atoms with Gasteiger partial charge in [-0.05, 0) is 43.5 Å². The molecule has 1 aromatic rings. The van der Waals surface area contributed by atoms with E-state index in [4.69, 9.17) is 16.3 Å². The van der Waals surface area contributed by atoms with E-state index >= 15 is 0 Å². The van der Waals surface area contributed by atoms with E-state index in [2.05, 4.69) is 0 Å². The lowest BCUT2D eigenvalue weighted by atomic mass is 10.1. The first kappa shape index (κ1) is 12.1. The summed E-state index contributed by atoms with van der Waals surface area (Å²) in [6.45, 7) is 5.36. The highest BCUT2D eigenvalue weighted by molar-refractivity contribution is 6.65. The first-order chi connectivity index (χ1) is 6.97. The maximum Gasteiger partial charge on any atom is 0.264 e. The van der Waals surface area contributed by atoms with E-state index in [9.17, 15) is 4.79 Å². The highest BCUT2D eigenvalue weighted by Crippen LogP contribution is 2.24. The lowest BCUT2D eigenvalue weighted by Crippen LogP contribution is -2.35. The molecule has 0 aromatic heterocycles. The molecule has 0 amide bonds. The molecule has 3 heteroatoms. The molecule has 0 saturated carbocycles. The first-order valence-corrected chi connectivity index (χ1v) is 5.32. The Morgan fingerprint density at radius 1 is 1.40 bits per heavy atom. The number of hydrogen-bond acceptors (Lipinski definition) is 2. The molecule has 2 nitrogen and oxygen atoms in total. The SMILES string of the molecule is CCc1ccccc1OC(C)(C)C(=O)Cl. The van der Waals surface area contributed by atoms with Gasteiger partial charge in [-0.1, -0.05) is 25.1 Å². The molecule has 0 aliphatic rings. The van der Waals surface area contributed by atoms with Crippen molar-refractivity contribution in [3.63, 3.8) is 0 Å². The van der Waals surface area contributed by atoms with Gasteiger partial charge in [0.25, 0.3) is 5.24 Å². The number of para-hydroxylation sites is 1. The highest BCUT2D eigenvalue weighted by Gasteiger charge is 2.28. The predicted molar refractivity (Wildman–Crippen MR) is 61.4 cm³/mol. The maximum atomic E-state index is 11.1. The lowest BCUT2D eigenvalue weighted by molar-refractivity contribution is -0.123. The molecule has 0 aliphatic carbocycles. The summed E-state index contributed by atoms with van der Waals surface area (Å²) in [6, 6.07) is 7.65. The van der Waals surface area contributed by atoms with Crippen LogP contribution in [0.25, 0.3) is 0 Å². The minimum absolute atomic E-state index is 0.492. The molecule has 0 atom stereocenters. The topological polar surface area (TPSA) is 26.3 Å². The van der Waals surface area contributed by atoms with Crippen LogP contribution >= 0.6 is 11.6 Å². The molecule has 0 radical (unpaired) electrons. The second-order valence-corrected chi connectivity index (χ2v) is 4.19. The van der Waals surface area contributed by atoms with Crippen molar-refractivity contribution in [1.29, 1.82) is 0 Å². The number of aryl methyl sites for hydroxylation is 1. The van der Waals surface area contributed by atoms with Crippen LogP contribution in [0.15, 0.2) is 24.3 Å². The Labute approximate surface area is 95.2 Å². The Balaban J connectivity index is 2.94. The Kier molecular flexibility index (Phi) is 3.75. The summed E-state index contributed by atoms with van der Waals surface area (Å²) in [5, 5.41) is -0.492. The highest BCUT2D eigenvalue weighted by atomic mass is 35.5. The van der Waals surface area contributed by atoms with Gasteiger partial charge in [0.1, 0.15) is 5.75 Å². The molecule has 0 heterocycles. The molecule has 1 aromatic carbocycles. The van der Waals surface area contributed by atoms with Gasteiger partial charge >= 0.3 is 0 Å². The summed E-state index contributed by atoms with van der Waals surface area (Å²) in [6.07, 6.45) is 0.864. The molecule has 0 unspecified atom stereocenters. The summed E-state index contributed by atoms with van der Waals surface area (Å²) in [4.78, 5) is 11.1. The van der Waals surface area contributed by atoms with Gasteiger partial charge in [0, 0.05) is 0 Å². The van der Waals surface area contributed by atoms with Crippen molar-refractivity contribution in [3.8, 4) is 5.75 Å². The van der Waals surface area contributed by atoms with Crippen LogP contribution in [0.2, 0.25) is 0 Å². The third kappa shape index (κ3) is 2.96. The number of hydrogen-bond donors (Lipinski definition) is 0. The molecule has 0 bridgehead atoms. The zero-order valence-electron chi connectivity index (χ0n) is 9.21. The van der Waals surface area contributed by atoms with E-state index in [1.54, 1.807) is 13.8 Å². The normalized spacial score (nSPS) is 11.2. The minimum atomic E-state index is -0.979. The number of carbonyl (C=O) groups excluding carboxylic acids is 1. The smallest absolute Gasteiger partial charge is 0.264 e. The van der Waals surface area contributed by atoms with E-state index in [-0.39, 0.29) is 0 Å². The number of rotatable bonds is 4. The zero-order valence-corrected chi connectivity index (χ0v) is 9.97. The van der Waals surface area contributed by atoms with Crippen LogP contribution < -0.4 is 4.74 Å². The summed E-state index contributed by atoms with van der Waals surface area (Å²) in [5.41, 5.74) is 0.0933. The molecular formula is C12H15ClO2. The molecule has 1 rings (SSSR count). The average molecular weight is 227 g/mol. The molecule has 0 aliphatic heterocycles. The van der Waals surface area contributed by atoms with Crippen molar-refractivity contribution in [1.82, 2.24) is 0 Å². The fourth-order valence-electron chi connectivity index (χ4n) is 1.21. The van der Waals surface area contributed by atoms with Gasteiger partial charge in [0.05, 0.1) is 0 Å². The molecule has 15 heavy (non-hydrogen) atoms. The molecule has 82 valence electrons.